The number of alkyl halides is 1. The SMILES string of the molecule is Cc1cccc2c1nnn2[C@@H]1O[C@@H]2COP(O)(=S)OC[C@@H]3[C@@H](COP(=S)(OCCC#N)O[C@H]2[C@H]1F)C[C@H]3n1cnc2c(Cl)ncnc21. The first-order chi connectivity index (χ1) is 22.6. The van der Waals surface area contributed by atoms with Crippen LogP contribution in [0.25, 0.3) is 22.2 Å². The number of hydrogen-bond acceptors (Lipinski definition) is 14. The maximum absolute atomic E-state index is 16.4. The third-order valence-corrected chi connectivity index (χ3v) is 12.7. The second-order valence-electron chi connectivity index (χ2n) is 11.3. The smallest absolute Gasteiger partial charge is 0.327 e. The van der Waals surface area contributed by atoms with Crippen LogP contribution in [0.1, 0.15) is 30.7 Å². The number of nitrogens with zero attached hydrogens (tertiary/aromatic N) is 8. The van der Waals surface area contributed by atoms with Crippen LogP contribution in [0.5, 0.6) is 0 Å². The number of ether oxygens (including phenoxy) is 1. The monoisotopic (exact) mass is 744 g/mol. The fourth-order valence-corrected chi connectivity index (χ4v) is 9.52. The Kier molecular flexibility index (Phi) is 9.46. The molecular formula is C26H28ClFN8O7P2S2. The highest BCUT2D eigenvalue weighted by Gasteiger charge is 2.52. The Morgan fingerprint density at radius 1 is 1.17 bits per heavy atom. The zero-order valence-electron chi connectivity index (χ0n) is 24.6. The Hall–Kier alpha value is -2.10. The standard InChI is InChI=1S/C26H28ClFN8O7P2S2/c1-14-4-2-5-17-21(14)33-34-36(17)26-20(28)23-19(42-26)11-40-44(37,46)39-10-16-15(9-41-45(47,43-23)38-7-3-6-29)8-18(16)35-13-32-22-24(27)30-12-31-25(22)35/h2,4-5,12-13,15-16,18-20,23,26H,3,7-11H2,1H3,(H,37,46)/t15-,16-,18-,19-,20-,23-,26-,44?,45?/m1/s1. The molecule has 1 saturated carbocycles. The first-order valence-electron chi connectivity index (χ1n) is 14.6. The van der Waals surface area contributed by atoms with Gasteiger partial charge in [-0.25, -0.2) is 24.0 Å². The van der Waals surface area contributed by atoms with Gasteiger partial charge in [0, 0.05) is 12.0 Å². The van der Waals surface area contributed by atoms with Crippen molar-refractivity contribution < 1.29 is 36.6 Å². The fraction of sp³-hybridized carbons (Fsp3) is 0.538. The van der Waals surface area contributed by atoms with Gasteiger partial charge in [0.2, 0.25) is 0 Å². The third kappa shape index (κ3) is 6.50. The molecule has 21 heteroatoms. The largest absolute Gasteiger partial charge is 0.345 e. The number of halogens is 2. The molecule has 3 fully saturated rings. The molecule has 15 nitrogen and oxygen atoms in total. The Morgan fingerprint density at radius 2 is 2.00 bits per heavy atom. The van der Waals surface area contributed by atoms with Crippen molar-refractivity contribution in [1.29, 1.82) is 5.26 Å². The quantitative estimate of drug-likeness (QED) is 0.172. The second-order valence-corrected chi connectivity index (χ2v) is 17.5. The molecule has 0 amide bonds. The molecule has 1 N–H and O–H groups in total. The van der Waals surface area contributed by atoms with Gasteiger partial charge >= 0.3 is 13.4 Å². The molecule has 5 heterocycles. The lowest BCUT2D eigenvalue weighted by atomic mass is 9.70. The van der Waals surface area contributed by atoms with Crippen molar-refractivity contribution in [3.63, 3.8) is 0 Å². The number of imidazole rings is 1. The Bertz CT molecular complexity index is 1950. The van der Waals surface area contributed by atoms with Gasteiger partial charge in [0.05, 0.1) is 50.8 Å². The minimum absolute atomic E-state index is 0.00239. The van der Waals surface area contributed by atoms with Gasteiger partial charge in [0.25, 0.3) is 0 Å². The first kappa shape index (κ1) is 33.4. The molecule has 2 aliphatic heterocycles. The average Bonchev–Trinajstić information content (AvgIpc) is 3.73. The maximum Gasteiger partial charge on any atom is 0.327 e. The summed E-state index contributed by atoms with van der Waals surface area (Å²) >= 11 is 17.3. The molecule has 7 rings (SSSR count). The van der Waals surface area contributed by atoms with Crippen LogP contribution < -0.4 is 0 Å². The van der Waals surface area contributed by atoms with Gasteiger partial charge in [0.1, 0.15) is 29.6 Å². The molecule has 3 aliphatic rings. The van der Waals surface area contributed by atoms with Crippen LogP contribution in [0, 0.1) is 30.1 Å². The van der Waals surface area contributed by atoms with E-state index in [-0.39, 0.29) is 49.3 Å². The Labute approximate surface area is 282 Å². The van der Waals surface area contributed by atoms with E-state index >= 15 is 4.39 Å². The van der Waals surface area contributed by atoms with Crippen LogP contribution in [0.4, 0.5) is 4.39 Å². The topological polar surface area (TPSA) is 174 Å². The van der Waals surface area contributed by atoms with Crippen LogP contribution >= 0.6 is 25.0 Å². The summed E-state index contributed by atoms with van der Waals surface area (Å²) in [6.45, 7) is -6.09. The summed E-state index contributed by atoms with van der Waals surface area (Å²) in [4.78, 5) is 23.7. The van der Waals surface area contributed by atoms with E-state index in [1.54, 1.807) is 18.5 Å². The van der Waals surface area contributed by atoms with Crippen molar-refractivity contribution in [1.82, 2.24) is 34.5 Å². The molecule has 3 aromatic heterocycles. The predicted octanol–water partition coefficient (Wildman–Crippen LogP) is 4.47. The second kappa shape index (κ2) is 13.3. The molecule has 1 aliphatic carbocycles. The molecule has 4 aromatic rings. The summed E-state index contributed by atoms with van der Waals surface area (Å²) in [5.74, 6) is -0.439. The van der Waals surface area contributed by atoms with E-state index in [1.165, 1.54) is 11.0 Å². The fourth-order valence-electron chi connectivity index (χ4n) is 6.06. The normalized spacial score (nSPS) is 34.8. The number of hydrogen-bond donors (Lipinski definition) is 1. The zero-order chi connectivity index (χ0) is 32.9. The van der Waals surface area contributed by atoms with Crippen molar-refractivity contribution in [3.05, 3.63) is 41.6 Å². The first-order valence-corrected chi connectivity index (χ1v) is 20.1. The molecule has 47 heavy (non-hydrogen) atoms. The van der Waals surface area contributed by atoms with Gasteiger partial charge in [-0.3, -0.25) is 4.52 Å². The molecule has 9 atom stereocenters. The van der Waals surface area contributed by atoms with Gasteiger partial charge in [-0.05, 0) is 54.5 Å². The Balaban J connectivity index is 1.18. The van der Waals surface area contributed by atoms with Gasteiger partial charge in [0.15, 0.2) is 23.2 Å². The van der Waals surface area contributed by atoms with Gasteiger partial charge in [-0.15, -0.1) is 5.10 Å². The van der Waals surface area contributed by atoms with E-state index in [2.05, 4.69) is 25.3 Å². The number of aryl methyl sites for hydroxylation is 1. The molecular weight excluding hydrogens is 717 g/mol. The summed E-state index contributed by atoms with van der Waals surface area (Å²) in [6, 6.07) is 7.24. The molecule has 0 radical (unpaired) electrons. The van der Waals surface area contributed by atoms with E-state index in [0.717, 1.165) is 5.56 Å². The van der Waals surface area contributed by atoms with E-state index in [9.17, 15) is 4.89 Å². The summed E-state index contributed by atoms with van der Waals surface area (Å²) in [6.07, 6.45) is -2.07. The summed E-state index contributed by atoms with van der Waals surface area (Å²) < 4.78 is 55.5. The highest BCUT2D eigenvalue weighted by atomic mass is 35.5. The van der Waals surface area contributed by atoms with Crippen LogP contribution in [0.3, 0.4) is 0 Å². The zero-order valence-corrected chi connectivity index (χ0v) is 28.8. The highest BCUT2D eigenvalue weighted by Crippen LogP contribution is 2.58. The van der Waals surface area contributed by atoms with E-state index in [4.69, 9.17) is 67.8 Å². The van der Waals surface area contributed by atoms with Crippen LogP contribution in [0.15, 0.2) is 30.9 Å². The molecule has 0 spiro atoms. The summed E-state index contributed by atoms with van der Waals surface area (Å²) in [5, 5.41) is 17.7. The lowest BCUT2D eigenvalue weighted by Crippen LogP contribution is -2.43. The molecule has 250 valence electrons. The lowest BCUT2D eigenvalue weighted by Gasteiger charge is -2.45. The van der Waals surface area contributed by atoms with E-state index in [0.29, 0.717) is 28.6 Å². The minimum Gasteiger partial charge on any atom is -0.345 e. The number of rotatable bonds is 5. The van der Waals surface area contributed by atoms with Crippen LogP contribution in [0.2, 0.25) is 5.15 Å². The highest BCUT2D eigenvalue weighted by molar-refractivity contribution is 8.07. The average molecular weight is 745 g/mol. The third-order valence-electron chi connectivity index (χ3n) is 8.52. The lowest BCUT2D eigenvalue weighted by molar-refractivity contribution is -0.0483. The van der Waals surface area contributed by atoms with Crippen LogP contribution in [-0.2, 0) is 51.0 Å². The van der Waals surface area contributed by atoms with E-state index < -0.39 is 44.7 Å². The maximum atomic E-state index is 16.4. The Morgan fingerprint density at radius 3 is 2.83 bits per heavy atom. The van der Waals surface area contributed by atoms with Crippen molar-refractivity contribution in [3.8, 4) is 6.07 Å². The number of benzene rings is 1. The van der Waals surface area contributed by atoms with Crippen molar-refractivity contribution in [2.75, 3.05) is 26.4 Å². The molecule has 2 saturated heterocycles. The van der Waals surface area contributed by atoms with Gasteiger partial charge < -0.3 is 32.3 Å². The summed E-state index contributed by atoms with van der Waals surface area (Å²) in [7, 11) is 0. The van der Waals surface area contributed by atoms with Gasteiger partial charge in [-0.2, -0.15) is 5.26 Å². The molecule has 0 bridgehead atoms. The summed E-state index contributed by atoms with van der Waals surface area (Å²) in [5.41, 5.74) is 2.97. The molecule has 1 aromatic carbocycles. The van der Waals surface area contributed by atoms with Crippen LogP contribution in [-0.4, -0.2) is 84.2 Å². The predicted molar refractivity (Wildman–Crippen MR) is 172 cm³/mol. The van der Waals surface area contributed by atoms with Gasteiger partial charge in [-0.1, -0.05) is 28.9 Å². The van der Waals surface area contributed by atoms with Crippen molar-refractivity contribution >= 4 is 70.8 Å². The number of fused-ring (bicyclic) bond motifs is 4. The van der Waals surface area contributed by atoms with Crippen molar-refractivity contribution in [2.45, 2.75) is 50.4 Å². The van der Waals surface area contributed by atoms with E-state index in [1.807, 2.05) is 23.6 Å². The number of aromatic nitrogens is 7. The van der Waals surface area contributed by atoms with Crippen molar-refractivity contribution in [2.24, 2.45) is 11.8 Å². The number of nitriles is 1. The molecule has 2 unspecified atom stereocenters. The minimum atomic E-state index is -3.85.